The topological polar surface area (TPSA) is 125 Å². The molecule has 1 amide bonds. The van der Waals surface area contributed by atoms with Crippen LogP contribution in [0.2, 0.25) is 0 Å². The van der Waals surface area contributed by atoms with Crippen molar-refractivity contribution in [3.63, 3.8) is 0 Å². The minimum atomic E-state index is -1.16. The van der Waals surface area contributed by atoms with Crippen LogP contribution in [0.25, 0.3) is 0 Å². The third-order valence-corrected chi connectivity index (χ3v) is 2.63. The largest absolute Gasteiger partial charge is 0.463 e. The predicted molar refractivity (Wildman–Crippen MR) is 83.1 cm³/mol. The second-order valence-corrected chi connectivity index (χ2v) is 4.46. The summed E-state index contributed by atoms with van der Waals surface area (Å²) >= 11 is 0. The van der Waals surface area contributed by atoms with Crippen LogP contribution in [0.15, 0.2) is 36.4 Å². The third-order valence-electron chi connectivity index (χ3n) is 2.63. The quantitative estimate of drug-likeness (QED) is 0.347. The van der Waals surface area contributed by atoms with Gasteiger partial charge in [-0.1, -0.05) is 6.07 Å². The second kappa shape index (κ2) is 9.03. The molecule has 0 saturated heterocycles. The summed E-state index contributed by atoms with van der Waals surface area (Å²) in [5.74, 6) is -2.28. The van der Waals surface area contributed by atoms with Crippen LogP contribution in [0, 0.1) is 10.1 Å². The fraction of sp³-hybridized carbons (Fsp3) is 0.267. The number of anilines is 1. The van der Waals surface area contributed by atoms with Crippen LogP contribution >= 0.6 is 0 Å². The van der Waals surface area contributed by atoms with Gasteiger partial charge in [-0.05, 0) is 19.9 Å². The number of carbonyl (C=O) groups excluding carboxylic acids is 3. The number of rotatable bonds is 7. The summed E-state index contributed by atoms with van der Waals surface area (Å²) in [6.45, 7) is 3.10. The van der Waals surface area contributed by atoms with E-state index in [9.17, 15) is 24.5 Å². The number of carbonyl (C=O) groups is 3. The van der Waals surface area contributed by atoms with Gasteiger partial charge in [-0.15, -0.1) is 0 Å². The van der Waals surface area contributed by atoms with Crippen molar-refractivity contribution in [1.82, 2.24) is 0 Å². The van der Waals surface area contributed by atoms with Gasteiger partial charge in [0.2, 0.25) is 0 Å². The molecule has 0 saturated carbocycles. The van der Waals surface area contributed by atoms with Crippen LogP contribution in [-0.4, -0.2) is 35.5 Å². The fourth-order valence-electron chi connectivity index (χ4n) is 1.53. The van der Waals surface area contributed by atoms with E-state index in [4.69, 9.17) is 4.74 Å². The molecular formula is C15H16N2O7. The van der Waals surface area contributed by atoms with Crippen LogP contribution in [0.3, 0.4) is 0 Å². The van der Waals surface area contributed by atoms with Crippen LogP contribution < -0.4 is 5.32 Å². The number of benzene rings is 1. The number of esters is 2. The first-order chi connectivity index (χ1) is 11.3. The van der Waals surface area contributed by atoms with E-state index in [2.05, 4.69) is 10.1 Å². The number of ether oxygens (including phenoxy) is 2. The molecule has 1 atom stereocenters. The van der Waals surface area contributed by atoms with Crippen LogP contribution in [0.5, 0.6) is 0 Å². The lowest BCUT2D eigenvalue weighted by Crippen LogP contribution is -2.29. The highest BCUT2D eigenvalue weighted by atomic mass is 16.6. The summed E-state index contributed by atoms with van der Waals surface area (Å²) in [4.78, 5) is 44.5. The van der Waals surface area contributed by atoms with Gasteiger partial charge in [-0.3, -0.25) is 14.9 Å². The molecule has 1 aromatic carbocycles. The Labute approximate surface area is 137 Å². The lowest BCUT2D eigenvalue weighted by Gasteiger charge is -2.12. The number of hydrogen-bond acceptors (Lipinski definition) is 7. The van der Waals surface area contributed by atoms with E-state index in [1.165, 1.54) is 31.2 Å². The number of nitrogens with one attached hydrogen (secondary N) is 1. The average molecular weight is 336 g/mol. The van der Waals surface area contributed by atoms with Gasteiger partial charge < -0.3 is 14.8 Å². The number of nitro groups is 1. The van der Waals surface area contributed by atoms with Crippen LogP contribution in [0.1, 0.15) is 13.8 Å². The van der Waals surface area contributed by atoms with E-state index in [-0.39, 0.29) is 18.0 Å². The molecule has 9 nitrogen and oxygen atoms in total. The average Bonchev–Trinajstić information content (AvgIpc) is 2.53. The molecule has 0 fully saturated rings. The summed E-state index contributed by atoms with van der Waals surface area (Å²) in [5.41, 5.74) is 0.00832. The van der Waals surface area contributed by atoms with Gasteiger partial charge in [0.1, 0.15) is 0 Å². The number of amides is 1. The van der Waals surface area contributed by atoms with Gasteiger partial charge in [0.05, 0.1) is 11.5 Å². The minimum absolute atomic E-state index is 0.167. The maximum atomic E-state index is 11.9. The Hall–Kier alpha value is -3.23. The van der Waals surface area contributed by atoms with Gasteiger partial charge in [0.25, 0.3) is 11.6 Å². The zero-order valence-electron chi connectivity index (χ0n) is 13.1. The van der Waals surface area contributed by atoms with Gasteiger partial charge in [0, 0.05) is 30.0 Å². The van der Waals surface area contributed by atoms with E-state index in [0.29, 0.717) is 0 Å². The van der Waals surface area contributed by atoms with Crippen molar-refractivity contribution in [3.05, 3.63) is 46.5 Å². The maximum Gasteiger partial charge on any atom is 0.331 e. The lowest BCUT2D eigenvalue weighted by molar-refractivity contribution is -0.384. The van der Waals surface area contributed by atoms with E-state index in [0.717, 1.165) is 12.2 Å². The first-order valence-corrected chi connectivity index (χ1v) is 6.94. The number of non-ortho nitro benzene ring substituents is 1. The van der Waals surface area contributed by atoms with Gasteiger partial charge in [0.15, 0.2) is 6.10 Å². The molecule has 0 aliphatic rings. The molecule has 24 heavy (non-hydrogen) atoms. The van der Waals surface area contributed by atoms with Crippen molar-refractivity contribution in [1.29, 1.82) is 0 Å². The Bertz CT molecular complexity index is 670. The summed E-state index contributed by atoms with van der Waals surface area (Å²) < 4.78 is 9.40. The van der Waals surface area contributed by atoms with Crippen molar-refractivity contribution in [2.45, 2.75) is 20.0 Å². The summed E-state index contributed by atoms with van der Waals surface area (Å²) in [6, 6.07) is 5.32. The van der Waals surface area contributed by atoms with E-state index >= 15 is 0 Å². The van der Waals surface area contributed by atoms with Gasteiger partial charge in [-0.2, -0.15) is 0 Å². The minimum Gasteiger partial charge on any atom is -0.463 e. The number of hydrogen-bond donors (Lipinski definition) is 1. The molecule has 1 rings (SSSR count). The normalized spacial score (nSPS) is 11.6. The molecule has 128 valence electrons. The number of nitro benzene ring substituents is 1. The molecule has 9 heteroatoms. The first-order valence-electron chi connectivity index (χ1n) is 6.94. The smallest absolute Gasteiger partial charge is 0.331 e. The highest BCUT2D eigenvalue weighted by molar-refractivity contribution is 5.97. The molecule has 0 radical (unpaired) electrons. The number of nitrogens with zero attached hydrogens (tertiary/aromatic N) is 1. The molecule has 0 heterocycles. The Balaban J connectivity index is 2.59. The molecule has 0 aliphatic carbocycles. The highest BCUT2D eigenvalue weighted by Gasteiger charge is 2.17. The van der Waals surface area contributed by atoms with Crippen molar-refractivity contribution in [2.24, 2.45) is 0 Å². The fourth-order valence-corrected chi connectivity index (χ4v) is 1.53. The Kier molecular flexibility index (Phi) is 7.08. The summed E-state index contributed by atoms with van der Waals surface area (Å²) in [6.07, 6.45) is 0.565. The lowest BCUT2D eigenvalue weighted by atomic mass is 10.2. The molecular weight excluding hydrogens is 320 g/mol. The molecule has 1 unspecified atom stereocenters. The van der Waals surface area contributed by atoms with E-state index < -0.39 is 28.9 Å². The van der Waals surface area contributed by atoms with Crippen molar-refractivity contribution < 1.29 is 28.8 Å². The second-order valence-electron chi connectivity index (χ2n) is 4.46. The monoisotopic (exact) mass is 336 g/mol. The third kappa shape index (κ3) is 6.26. The van der Waals surface area contributed by atoms with Gasteiger partial charge in [-0.25, -0.2) is 9.59 Å². The molecule has 1 aromatic rings. The molecule has 0 spiro atoms. The predicted octanol–water partition coefficient (Wildman–Crippen LogP) is 1.58. The Morgan fingerprint density at radius 2 is 1.96 bits per heavy atom. The van der Waals surface area contributed by atoms with Crippen molar-refractivity contribution in [3.8, 4) is 0 Å². The van der Waals surface area contributed by atoms with E-state index in [1.54, 1.807) is 6.92 Å². The molecule has 0 aromatic heterocycles. The van der Waals surface area contributed by atoms with E-state index in [1.807, 2.05) is 0 Å². The zero-order chi connectivity index (χ0) is 18.1. The molecule has 0 bridgehead atoms. The van der Waals surface area contributed by atoms with Crippen molar-refractivity contribution in [2.75, 3.05) is 11.9 Å². The SMILES string of the molecule is CCOC(=O)C=CC(=O)OC(C)C(=O)Nc1cccc([N+](=O)[O-])c1. The Morgan fingerprint density at radius 1 is 1.29 bits per heavy atom. The zero-order valence-corrected chi connectivity index (χ0v) is 13.1. The van der Waals surface area contributed by atoms with Crippen LogP contribution in [-0.2, 0) is 23.9 Å². The Morgan fingerprint density at radius 3 is 2.58 bits per heavy atom. The van der Waals surface area contributed by atoms with Crippen LogP contribution in [0.4, 0.5) is 11.4 Å². The maximum absolute atomic E-state index is 11.9. The summed E-state index contributed by atoms with van der Waals surface area (Å²) in [7, 11) is 0. The standard InChI is InChI=1S/C15H16N2O7/c1-3-23-13(18)7-8-14(19)24-10(2)15(20)16-11-5-4-6-12(9-11)17(21)22/h4-10H,3H2,1-2H3,(H,16,20). The summed E-state index contributed by atoms with van der Waals surface area (Å²) in [5, 5.41) is 13.1. The van der Waals surface area contributed by atoms with Crippen molar-refractivity contribution >= 4 is 29.2 Å². The van der Waals surface area contributed by atoms with Gasteiger partial charge >= 0.3 is 11.9 Å². The molecule has 0 aliphatic heterocycles. The molecule has 1 N–H and O–H groups in total. The first kappa shape index (κ1) is 18.8. The highest BCUT2D eigenvalue weighted by Crippen LogP contribution is 2.17.